The van der Waals surface area contributed by atoms with Crippen LogP contribution in [0.15, 0.2) is 0 Å². The maximum absolute atomic E-state index is 4.78. The van der Waals surface area contributed by atoms with Gasteiger partial charge in [-0.15, -0.1) is 5.10 Å². The number of anilines is 1. The van der Waals surface area contributed by atoms with E-state index in [0.717, 1.165) is 43.9 Å². The smallest absolute Gasteiger partial charge is 0.244 e. The third kappa shape index (κ3) is 3.76. The zero-order chi connectivity index (χ0) is 14.5. The summed E-state index contributed by atoms with van der Waals surface area (Å²) in [4.78, 5) is 7.06. The molecule has 0 bridgehead atoms. The van der Waals surface area contributed by atoms with Crippen LogP contribution in [0.2, 0.25) is 0 Å². The first kappa shape index (κ1) is 14.8. The van der Waals surface area contributed by atoms with Gasteiger partial charge in [0.2, 0.25) is 5.95 Å². The van der Waals surface area contributed by atoms with Gasteiger partial charge in [0.15, 0.2) is 0 Å². The molecule has 0 aromatic carbocycles. The number of H-pyrrole nitrogens is 1. The average Bonchev–Trinajstić information content (AvgIpc) is 3.04. The van der Waals surface area contributed by atoms with Crippen LogP contribution >= 0.6 is 0 Å². The summed E-state index contributed by atoms with van der Waals surface area (Å²) < 4.78 is 0. The number of aromatic amines is 1. The van der Waals surface area contributed by atoms with Crippen LogP contribution in [0.1, 0.15) is 63.6 Å². The Kier molecular flexibility index (Phi) is 5.12. The van der Waals surface area contributed by atoms with Crippen LogP contribution in [-0.2, 0) is 0 Å². The molecule has 0 atom stereocenters. The predicted octanol–water partition coefficient (Wildman–Crippen LogP) is 2.68. The van der Waals surface area contributed by atoms with Crippen molar-refractivity contribution in [1.82, 2.24) is 20.5 Å². The van der Waals surface area contributed by atoms with Crippen molar-refractivity contribution in [3.8, 4) is 0 Å². The van der Waals surface area contributed by atoms with Gasteiger partial charge in [0, 0.05) is 32.1 Å². The van der Waals surface area contributed by atoms with Gasteiger partial charge in [-0.1, -0.05) is 26.2 Å². The number of hydrogen-bond donors (Lipinski definition) is 2. The molecule has 2 aliphatic rings. The summed E-state index contributed by atoms with van der Waals surface area (Å²) >= 11 is 0. The van der Waals surface area contributed by atoms with E-state index in [-0.39, 0.29) is 0 Å². The second-order valence-corrected chi connectivity index (χ2v) is 6.62. The predicted molar refractivity (Wildman–Crippen MR) is 85.7 cm³/mol. The van der Waals surface area contributed by atoms with Crippen molar-refractivity contribution in [3.63, 3.8) is 0 Å². The van der Waals surface area contributed by atoms with Crippen LogP contribution in [0, 0.1) is 5.92 Å². The summed E-state index contributed by atoms with van der Waals surface area (Å²) in [5.41, 5.74) is 0. The quantitative estimate of drug-likeness (QED) is 0.876. The minimum absolute atomic E-state index is 0.604. The Morgan fingerprint density at radius 2 is 1.90 bits per heavy atom. The highest BCUT2D eigenvalue weighted by molar-refractivity contribution is 5.30. The molecule has 2 N–H and O–H groups in total. The van der Waals surface area contributed by atoms with Crippen molar-refractivity contribution >= 4 is 5.95 Å². The van der Waals surface area contributed by atoms with E-state index in [1.165, 1.54) is 44.9 Å². The van der Waals surface area contributed by atoms with Gasteiger partial charge in [-0.3, -0.25) is 5.10 Å². The number of rotatable bonds is 5. The van der Waals surface area contributed by atoms with Crippen LogP contribution in [0.4, 0.5) is 5.95 Å². The first-order valence-electron chi connectivity index (χ1n) is 8.74. The molecular formula is C16H29N5. The number of unbranched alkanes of at least 4 members (excludes halogenated alkanes) is 1. The molecule has 0 amide bonds. The Labute approximate surface area is 127 Å². The average molecular weight is 291 g/mol. The van der Waals surface area contributed by atoms with Crippen molar-refractivity contribution < 1.29 is 0 Å². The van der Waals surface area contributed by atoms with E-state index in [9.17, 15) is 0 Å². The van der Waals surface area contributed by atoms with Gasteiger partial charge in [0.1, 0.15) is 5.82 Å². The van der Waals surface area contributed by atoms with Crippen molar-refractivity contribution in [1.29, 1.82) is 0 Å². The second-order valence-electron chi connectivity index (χ2n) is 6.62. The van der Waals surface area contributed by atoms with Crippen molar-refractivity contribution in [3.05, 3.63) is 5.82 Å². The molecule has 3 rings (SSSR count). The lowest BCUT2D eigenvalue weighted by molar-refractivity contribution is 0.299. The Hall–Kier alpha value is -1.10. The lowest BCUT2D eigenvalue weighted by Crippen LogP contribution is -2.44. The molecule has 0 radical (unpaired) electrons. The fourth-order valence-corrected chi connectivity index (χ4v) is 3.67. The normalized spacial score (nSPS) is 27.0. The molecule has 0 spiro atoms. The molecule has 118 valence electrons. The van der Waals surface area contributed by atoms with Crippen LogP contribution in [0.25, 0.3) is 0 Å². The second kappa shape index (κ2) is 7.25. The minimum atomic E-state index is 0.604. The lowest BCUT2D eigenvalue weighted by atomic mass is 9.79. The monoisotopic (exact) mass is 291 g/mol. The van der Waals surface area contributed by atoms with E-state index in [4.69, 9.17) is 4.98 Å². The number of hydrogen-bond acceptors (Lipinski definition) is 4. The van der Waals surface area contributed by atoms with E-state index >= 15 is 0 Å². The van der Waals surface area contributed by atoms with Crippen LogP contribution in [-0.4, -0.2) is 41.4 Å². The van der Waals surface area contributed by atoms with Crippen molar-refractivity contribution in [2.45, 2.75) is 57.8 Å². The highest BCUT2D eigenvalue weighted by atomic mass is 15.4. The Bertz CT molecular complexity index is 416. The fourth-order valence-electron chi connectivity index (χ4n) is 3.67. The topological polar surface area (TPSA) is 56.8 Å². The number of aromatic nitrogens is 3. The van der Waals surface area contributed by atoms with Gasteiger partial charge in [0.25, 0.3) is 0 Å². The van der Waals surface area contributed by atoms with Crippen molar-refractivity contribution in [2.75, 3.05) is 31.1 Å². The van der Waals surface area contributed by atoms with Gasteiger partial charge in [-0.2, -0.15) is 4.98 Å². The molecule has 2 heterocycles. The Balaban J connectivity index is 1.52. The van der Waals surface area contributed by atoms with E-state index in [2.05, 4.69) is 27.3 Å². The van der Waals surface area contributed by atoms with Crippen LogP contribution in [0.5, 0.6) is 0 Å². The SMILES string of the molecule is CCCCC1CCC(c2nc(N3CCNCC3)n[nH]2)CC1. The molecule has 2 fully saturated rings. The van der Waals surface area contributed by atoms with E-state index in [1.807, 2.05) is 0 Å². The maximum Gasteiger partial charge on any atom is 0.244 e. The molecule has 1 aromatic heterocycles. The molecule has 0 unspecified atom stereocenters. The standard InChI is InChI=1S/C16H29N5/c1-2-3-4-13-5-7-14(8-6-13)15-18-16(20-19-15)21-11-9-17-10-12-21/h13-14,17H,2-12H2,1H3,(H,18,19,20). The fraction of sp³-hybridized carbons (Fsp3) is 0.875. The largest absolute Gasteiger partial charge is 0.337 e. The van der Waals surface area contributed by atoms with Crippen LogP contribution < -0.4 is 10.2 Å². The third-order valence-electron chi connectivity index (χ3n) is 5.09. The summed E-state index contributed by atoms with van der Waals surface area (Å²) in [6.07, 6.45) is 9.45. The zero-order valence-electron chi connectivity index (χ0n) is 13.3. The van der Waals surface area contributed by atoms with E-state index in [0.29, 0.717) is 5.92 Å². The Morgan fingerprint density at radius 1 is 1.14 bits per heavy atom. The number of piperazine rings is 1. The first-order chi connectivity index (χ1) is 10.4. The summed E-state index contributed by atoms with van der Waals surface area (Å²) in [5.74, 6) is 3.58. The summed E-state index contributed by atoms with van der Waals surface area (Å²) in [7, 11) is 0. The molecule has 1 aliphatic carbocycles. The minimum Gasteiger partial charge on any atom is -0.337 e. The summed E-state index contributed by atoms with van der Waals surface area (Å²) in [6, 6.07) is 0. The zero-order valence-corrected chi connectivity index (χ0v) is 13.3. The molecule has 21 heavy (non-hydrogen) atoms. The van der Waals surface area contributed by atoms with Gasteiger partial charge in [-0.05, 0) is 31.6 Å². The molecule has 1 saturated carbocycles. The molecule has 5 nitrogen and oxygen atoms in total. The molecule has 5 heteroatoms. The van der Waals surface area contributed by atoms with Gasteiger partial charge < -0.3 is 10.2 Å². The summed E-state index contributed by atoms with van der Waals surface area (Å²) in [6.45, 7) is 6.39. The lowest BCUT2D eigenvalue weighted by Gasteiger charge is -2.27. The highest BCUT2D eigenvalue weighted by Gasteiger charge is 2.25. The number of nitrogens with one attached hydrogen (secondary N) is 2. The molecular weight excluding hydrogens is 262 g/mol. The molecule has 1 aliphatic heterocycles. The molecule has 1 aromatic rings. The summed E-state index contributed by atoms with van der Waals surface area (Å²) in [5, 5.41) is 11.0. The highest BCUT2D eigenvalue weighted by Crippen LogP contribution is 2.36. The van der Waals surface area contributed by atoms with Crippen molar-refractivity contribution in [2.24, 2.45) is 5.92 Å². The van der Waals surface area contributed by atoms with E-state index in [1.54, 1.807) is 0 Å². The number of nitrogens with zero attached hydrogens (tertiary/aromatic N) is 3. The third-order valence-corrected chi connectivity index (χ3v) is 5.09. The first-order valence-corrected chi connectivity index (χ1v) is 8.74. The van der Waals surface area contributed by atoms with Gasteiger partial charge >= 0.3 is 0 Å². The van der Waals surface area contributed by atoms with E-state index < -0.39 is 0 Å². The Morgan fingerprint density at radius 3 is 2.62 bits per heavy atom. The maximum atomic E-state index is 4.78. The molecule has 1 saturated heterocycles. The van der Waals surface area contributed by atoms with Gasteiger partial charge in [0.05, 0.1) is 0 Å². The van der Waals surface area contributed by atoms with Gasteiger partial charge in [-0.25, -0.2) is 0 Å². The van der Waals surface area contributed by atoms with Crippen LogP contribution in [0.3, 0.4) is 0 Å².